The third kappa shape index (κ3) is 5.08. The van der Waals surface area contributed by atoms with Gasteiger partial charge in [-0.2, -0.15) is 0 Å². The minimum absolute atomic E-state index is 0.0327. The molecule has 0 aromatic heterocycles. The average molecular weight is 470 g/mol. The van der Waals surface area contributed by atoms with E-state index in [4.69, 9.17) is 10.5 Å². The van der Waals surface area contributed by atoms with E-state index in [-0.39, 0.29) is 34.6 Å². The molecule has 0 radical (unpaired) electrons. The number of nitrogens with one attached hydrogen (secondary N) is 2. The van der Waals surface area contributed by atoms with E-state index in [0.29, 0.717) is 35.6 Å². The molecule has 2 unspecified atom stereocenters. The highest BCUT2D eigenvalue weighted by atomic mass is 16.5. The van der Waals surface area contributed by atoms with Crippen molar-refractivity contribution in [3.05, 3.63) is 24.3 Å². The molecular weight excluding hydrogens is 430 g/mol. The lowest BCUT2D eigenvalue weighted by molar-refractivity contribution is -0.150. The quantitative estimate of drug-likeness (QED) is 0.560. The summed E-state index contributed by atoms with van der Waals surface area (Å²) >= 11 is 0. The lowest BCUT2D eigenvalue weighted by Crippen LogP contribution is -2.63. The zero-order valence-electron chi connectivity index (χ0n) is 21.1. The van der Waals surface area contributed by atoms with Crippen LogP contribution in [0.25, 0.3) is 0 Å². The molecule has 34 heavy (non-hydrogen) atoms. The van der Waals surface area contributed by atoms with Crippen molar-refractivity contribution >= 4 is 23.4 Å². The van der Waals surface area contributed by atoms with Crippen molar-refractivity contribution in [3.8, 4) is 5.75 Å². The van der Waals surface area contributed by atoms with Gasteiger partial charge in [-0.15, -0.1) is 0 Å². The van der Waals surface area contributed by atoms with E-state index in [0.717, 1.165) is 32.1 Å². The second-order valence-electron chi connectivity index (χ2n) is 12.5. The molecule has 7 heteroatoms. The number of primary amides is 1. The average Bonchev–Trinajstić information content (AvgIpc) is 2.69. The van der Waals surface area contributed by atoms with Crippen LogP contribution in [-0.4, -0.2) is 29.4 Å². The highest BCUT2D eigenvalue weighted by Crippen LogP contribution is 2.60. The van der Waals surface area contributed by atoms with Crippen molar-refractivity contribution in [1.29, 1.82) is 0 Å². The van der Waals surface area contributed by atoms with E-state index in [9.17, 15) is 14.4 Å². The molecule has 4 N–H and O–H groups in total. The van der Waals surface area contributed by atoms with Gasteiger partial charge >= 0.3 is 0 Å². The van der Waals surface area contributed by atoms with E-state index in [1.165, 1.54) is 0 Å². The summed E-state index contributed by atoms with van der Waals surface area (Å²) in [7, 11) is 0. The molecule has 4 fully saturated rings. The Balaban J connectivity index is 1.35. The van der Waals surface area contributed by atoms with Crippen molar-refractivity contribution in [3.63, 3.8) is 0 Å². The standard InChI is InChI=1S/C27H39N3O4/c1-25(2,3)15-21(31)29-19-6-8-20(9-7-19)34-26(4,5)24(33)30-22-17-10-16-11-18(22)14-27(12-16,13-17)23(28)32/h6-9,16-18,22H,10-15H2,1-5H3,(H2,28,32)(H,29,31)(H,30,33). The fraction of sp³-hybridized carbons (Fsp3) is 0.667. The summed E-state index contributed by atoms with van der Waals surface area (Å²) in [6, 6.07) is 7.16. The zero-order chi connectivity index (χ0) is 24.9. The van der Waals surface area contributed by atoms with Crippen LogP contribution in [0, 0.1) is 28.6 Å². The normalized spacial score (nSPS) is 30.0. The molecule has 0 saturated heterocycles. The van der Waals surface area contributed by atoms with Crippen molar-refractivity contribution in [1.82, 2.24) is 5.32 Å². The number of nitrogens with two attached hydrogens (primary N) is 1. The highest BCUT2D eigenvalue weighted by Gasteiger charge is 2.58. The van der Waals surface area contributed by atoms with Crippen LogP contribution in [0.15, 0.2) is 24.3 Å². The number of hydrogen-bond acceptors (Lipinski definition) is 4. The number of anilines is 1. The van der Waals surface area contributed by atoms with Gasteiger partial charge in [0.1, 0.15) is 5.75 Å². The third-order valence-electron chi connectivity index (χ3n) is 7.84. The molecule has 5 rings (SSSR count). The Morgan fingerprint density at radius 3 is 2.12 bits per heavy atom. The molecule has 1 aromatic rings. The number of carbonyl (C=O) groups excluding carboxylic acids is 3. The Labute approximate surface area is 202 Å². The van der Waals surface area contributed by atoms with Gasteiger partial charge in [-0.25, -0.2) is 0 Å². The van der Waals surface area contributed by atoms with Crippen LogP contribution in [0.4, 0.5) is 5.69 Å². The van der Waals surface area contributed by atoms with Gasteiger partial charge in [0, 0.05) is 23.6 Å². The maximum atomic E-state index is 13.2. The predicted molar refractivity (Wildman–Crippen MR) is 131 cm³/mol. The van der Waals surface area contributed by atoms with Crippen LogP contribution >= 0.6 is 0 Å². The van der Waals surface area contributed by atoms with Crippen LogP contribution in [0.2, 0.25) is 0 Å². The largest absolute Gasteiger partial charge is 0.478 e. The summed E-state index contributed by atoms with van der Waals surface area (Å²) in [4.78, 5) is 37.6. The van der Waals surface area contributed by atoms with Gasteiger partial charge in [0.05, 0.1) is 0 Å². The highest BCUT2D eigenvalue weighted by molar-refractivity contribution is 5.91. The molecule has 4 bridgehead atoms. The molecule has 7 nitrogen and oxygen atoms in total. The van der Waals surface area contributed by atoms with Gasteiger partial charge in [-0.05, 0) is 93.4 Å². The van der Waals surface area contributed by atoms with Crippen LogP contribution in [-0.2, 0) is 14.4 Å². The van der Waals surface area contributed by atoms with Crippen molar-refractivity contribution in [2.75, 3.05) is 5.32 Å². The molecule has 4 aliphatic rings. The molecule has 0 spiro atoms. The van der Waals surface area contributed by atoms with Crippen LogP contribution in [0.5, 0.6) is 5.75 Å². The first-order valence-corrected chi connectivity index (χ1v) is 12.5. The fourth-order valence-corrected chi connectivity index (χ4v) is 6.52. The Morgan fingerprint density at radius 2 is 1.59 bits per heavy atom. The summed E-state index contributed by atoms with van der Waals surface area (Å²) < 4.78 is 6.06. The Bertz CT molecular complexity index is 947. The number of rotatable bonds is 7. The minimum Gasteiger partial charge on any atom is -0.478 e. The second kappa shape index (κ2) is 8.58. The van der Waals surface area contributed by atoms with Crippen LogP contribution in [0.3, 0.4) is 0 Å². The van der Waals surface area contributed by atoms with Gasteiger partial charge in [0.25, 0.3) is 5.91 Å². The topological polar surface area (TPSA) is 111 Å². The van der Waals surface area contributed by atoms with Crippen molar-refractivity contribution in [2.45, 2.75) is 84.8 Å². The van der Waals surface area contributed by atoms with Gasteiger partial charge in [0.2, 0.25) is 11.8 Å². The van der Waals surface area contributed by atoms with Gasteiger partial charge in [0.15, 0.2) is 5.60 Å². The number of hydrogen-bond donors (Lipinski definition) is 3. The number of benzene rings is 1. The maximum absolute atomic E-state index is 13.2. The maximum Gasteiger partial charge on any atom is 0.263 e. The SMILES string of the molecule is CC(C)(C)CC(=O)Nc1ccc(OC(C)(C)C(=O)NC2C3CC4CC2CC(C(N)=O)(C4)C3)cc1. The summed E-state index contributed by atoms with van der Waals surface area (Å²) in [5, 5.41) is 6.16. The third-order valence-corrected chi connectivity index (χ3v) is 7.84. The van der Waals surface area contributed by atoms with Crippen molar-refractivity contribution < 1.29 is 19.1 Å². The summed E-state index contributed by atoms with van der Waals surface area (Å²) in [5.74, 6) is 1.36. The predicted octanol–water partition coefficient (Wildman–Crippen LogP) is 4.02. The lowest BCUT2D eigenvalue weighted by Gasteiger charge is -2.59. The molecule has 2 atom stereocenters. The monoisotopic (exact) mass is 469 g/mol. The smallest absolute Gasteiger partial charge is 0.263 e. The minimum atomic E-state index is -1.06. The molecule has 0 heterocycles. The van der Waals surface area contributed by atoms with Gasteiger partial charge < -0.3 is 21.1 Å². The van der Waals surface area contributed by atoms with E-state index < -0.39 is 5.60 Å². The van der Waals surface area contributed by atoms with Crippen LogP contribution < -0.4 is 21.1 Å². The molecule has 186 valence electrons. The first-order valence-electron chi connectivity index (χ1n) is 12.5. The Morgan fingerprint density at radius 1 is 1.00 bits per heavy atom. The summed E-state index contributed by atoms with van der Waals surface area (Å²) in [5.41, 5.74) is 4.97. The zero-order valence-corrected chi connectivity index (χ0v) is 21.1. The van der Waals surface area contributed by atoms with E-state index in [1.54, 1.807) is 38.1 Å². The van der Waals surface area contributed by atoms with E-state index in [1.807, 2.05) is 20.8 Å². The fourth-order valence-electron chi connectivity index (χ4n) is 6.52. The molecule has 1 aromatic carbocycles. The first-order chi connectivity index (χ1) is 15.8. The van der Waals surface area contributed by atoms with Gasteiger partial charge in [-0.3, -0.25) is 14.4 Å². The molecule has 4 saturated carbocycles. The first kappa shape index (κ1) is 24.6. The number of amides is 3. The lowest BCUT2D eigenvalue weighted by atomic mass is 9.47. The van der Waals surface area contributed by atoms with Crippen LogP contribution in [0.1, 0.15) is 73.1 Å². The summed E-state index contributed by atoms with van der Waals surface area (Å²) in [6.07, 6.45) is 5.02. The van der Waals surface area contributed by atoms with E-state index in [2.05, 4.69) is 10.6 Å². The Hall–Kier alpha value is -2.57. The molecule has 0 aliphatic heterocycles. The van der Waals surface area contributed by atoms with Crippen molar-refractivity contribution in [2.24, 2.45) is 34.3 Å². The summed E-state index contributed by atoms with van der Waals surface area (Å²) in [6.45, 7) is 9.60. The number of carbonyl (C=O) groups is 3. The molecule has 3 amide bonds. The number of ether oxygens (including phenoxy) is 1. The molecular formula is C27H39N3O4. The van der Waals surface area contributed by atoms with Gasteiger partial charge in [-0.1, -0.05) is 20.8 Å². The second-order valence-corrected chi connectivity index (χ2v) is 12.5. The molecule has 4 aliphatic carbocycles. The van der Waals surface area contributed by atoms with E-state index >= 15 is 0 Å². The Kier molecular flexibility index (Phi) is 6.19.